The summed E-state index contributed by atoms with van der Waals surface area (Å²) in [6.45, 7) is 3.57. The third-order valence-corrected chi connectivity index (χ3v) is 2.70. The van der Waals surface area contributed by atoms with Crippen LogP contribution in [0.1, 0.15) is 20.3 Å². The topological polar surface area (TPSA) is 35.5 Å². The third kappa shape index (κ3) is 2.89. The second kappa shape index (κ2) is 5.21. The van der Waals surface area contributed by atoms with Gasteiger partial charge >= 0.3 is 5.97 Å². The van der Waals surface area contributed by atoms with E-state index in [0.717, 1.165) is 0 Å². The highest BCUT2D eigenvalue weighted by atomic mass is 35.5. The summed E-state index contributed by atoms with van der Waals surface area (Å²) in [6, 6.07) is 6.87. The van der Waals surface area contributed by atoms with Crippen LogP contribution in [0.3, 0.4) is 0 Å². The van der Waals surface area contributed by atoms with E-state index < -0.39 is 5.60 Å². The van der Waals surface area contributed by atoms with E-state index >= 15 is 0 Å². The van der Waals surface area contributed by atoms with Crippen LogP contribution in [-0.4, -0.2) is 18.7 Å². The molecule has 3 nitrogen and oxygen atoms in total. The van der Waals surface area contributed by atoms with E-state index in [1.807, 2.05) is 6.92 Å². The van der Waals surface area contributed by atoms with Crippen molar-refractivity contribution >= 4 is 17.6 Å². The number of hydrogen-bond donors (Lipinski definition) is 0. The molecule has 1 atom stereocenters. The van der Waals surface area contributed by atoms with Crippen molar-refractivity contribution < 1.29 is 14.3 Å². The van der Waals surface area contributed by atoms with Crippen LogP contribution in [0.2, 0.25) is 5.02 Å². The fourth-order valence-corrected chi connectivity index (χ4v) is 1.36. The minimum Gasteiger partial charge on any atom is -0.476 e. The minimum absolute atomic E-state index is 0.384. The van der Waals surface area contributed by atoms with E-state index in [2.05, 4.69) is 0 Å². The maximum Gasteiger partial charge on any atom is 0.349 e. The number of carbonyl (C=O) groups excluding carboxylic acids is 1. The van der Waals surface area contributed by atoms with E-state index in [0.29, 0.717) is 17.2 Å². The first kappa shape index (κ1) is 12.8. The van der Waals surface area contributed by atoms with Crippen LogP contribution in [0.15, 0.2) is 24.3 Å². The lowest BCUT2D eigenvalue weighted by Crippen LogP contribution is -2.41. The number of rotatable bonds is 4. The molecule has 0 N–H and O–H groups in total. The lowest BCUT2D eigenvalue weighted by atomic mass is 10.0. The average Bonchev–Trinajstić information content (AvgIpc) is 2.31. The first-order chi connectivity index (χ1) is 7.51. The van der Waals surface area contributed by atoms with Crippen molar-refractivity contribution in [3.63, 3.8) is 0 Å². The minimum atomic E-state index is -0.956. The molecule has 1 unspecified atom stereocenters. The zero-order chi connectivity index (χ0) is 12.2. The van der Waals surface area contributed by atoms with Crippen molar-refractivity contribution in [3.05, 3.63) is 29.3 Å². The molecule has 0 heterocycles. The summed E-state index contributed by atoms with van der Waals surface area (Å²) in [7, 11) is 1.35. The fourth-order valence-electron chi connectivity index (χ4n) is 1.24. The molecule has 0 saturated heterocycles. The van der Waals surface area contributed by atoms with Gasteiger partial charge in [-0.05, 0) is 37.6 Å². The number of methoxy groups -OCH3 is 1. The van der Waals surface area contributed by atoms with Crippen LogP contribution >= 0.6 is 11.6 Å². The Balaban J connectivity index is 2.84. The Labute approximate surface area is 100 Å². The summed E-state index contributed by atoms with van der Waals surface area (Å²) in [4.78, 5) is 11.6. The third-order valence-electron chi connectivity index (χ3n) is 2.45. The summed E-state index contributed by atoms with van der Waals surface area (Å²) in [6.07, 6.45) is 0.530. The molecule has 0 spiro atoms. The molecule has 0 aliphatic carbocycles. The van der Waals surface area contributed by atoms with E-state index in [1.54, 1.807) is 31.2 Å². The van der Waals surface area contributed by atoms with Crippen LogP contribution in [-0.2, 0) is 9.53 Å². The Morgan fingerprint density at radius 2 is 1.94 bits per heavy atom. The highest BCUT2D eigenvalue weighted by molar-refractivity contribution is 6.30. The zero-order valence-electron chi connectivity index (χ0n) is 9.62. The fraction of sp³-hybridized carbons (Fsp3) is 0.417. The molecule has 0 aliphatic rings. The lowest BCUT2D eigenvalue weighted by Gasteiger charge is -2.26. The van der Waals surface area contributed by atoms with Gasteiger partial charge in [0, 0.05) is 5.02 Å². The van der Waals surface area contributed by atoms with Gasteiger partial charge in [-0.1, -0.05) is 18.5 Å². The first-order valence-corrected chi connectivity index (χ1v) is 5.42. The van der Waals surface area contributed by atoms with Gasteiger partial charge < -0.3 is 9.47 Å². The van der Waals surface area contributed by atoms with Crippen LogP contribution in [0.4, 0.5) is 0 Å². The molecule has 1 rings (SSSR count). The Morgan fingerprint density at radius 1 is 1.38 bits per heavy atom. The molecule has 0 saturated carbocycles. The molecule has 16 heavy (non-hydrogen) atoms. The lowest BCUT2D eigenvalue weighted by molar-refractivity contribution is -0.157. The van der Waals surface area contributed by atoms with Gasteiger partial charge in [-0.15, -0.1) is 0 Å². The molecule has 0 aliphatic heterocycles. The number of halogens is 1. The van der Waals surface area contributed by atoms with E-state index in [9.17, 15) is 4.79 Å². The van der Waals surface area contributed by atoms with Crippen molar-refractivity contribution in [2.75, 3.05) is 7.11 Å². The Hall–Kier alpha value is -1.22. The zero-order valence-corrected chi connectivity index (χ0v) is 10.4. The van der Waals surface area contributed by atoms with Gasteiger partial charge in [0.2, 0.25) is 5.60 Å². The van der Waals surface area contributed by atoms with Crippen LogP contribution in [0.5, 0.6) is 5.75 Å². The predicted octanol–water partition coefficient (Wildman–Crippen LogP) is 3.06. The summed E-state index contributed by atoms with van der Waals surface area (Å²) >= 11 is 5.76. The van der Waals surface area contributed by atoms with E-state index in [4.69, 9.17) is 21.1 Å². The first-order valence-electron chi connectivity index (χ1n) is 5.05. The second-order valence-corrected chi connectivity index (χ2v) is 4.07. The molecule has 0 aromatic heterocycles. The number of carbonyl (C=O) groups is 1. The van der Waals surface area contributed by atoms with Crippen molar-refractivity contribution in [2.24, 2.45) is 0 Å². The van der Waals surface area contributed by atoms with Crippen molar-refractivity contribution in [3.8, 4) is 5.75 Å². The van der Waals surface area contributed by atoms with Gasteiger partial charge in [0.25, 0.3) is 0 Å². The molecule has 0 bridgehead atoms. The van der Waals surface area contributed by atoms with Gasteiger partial charge in [0.05, 0.1) is 7.11 Å². The molecule has 1 aromatic carbocycles. The Bertz CT molecular complexity index is 361. The monoisotopic (exact) mass is 242 g/mol. The Kier molecular flexibility index (Phi) is 4.19. The van der Waals surface area contributed by atoms with Crippen LogP contribution in [0.25, 0.3) is 0 Å². The molecule has 88 valence electrons. The second-order valence-electron chi connectivity index (χ2n) is 3.63. The molecule has 0 amide bonds. The molecule has 0 radical (unpaired) electrons. The quantitative estimate of drug-likeness (QED) is 0.762. The van der Waals surface area contributed by atoms with Gasteiger partial charge in [-0.3, -0.25) is 0 Å². The van der Waals surface area contributed by atoms with Gasteiger partial charge in [0.15, 0.2) is 0 Å². The molecular weight excluding hydrogens is 228 g/mol. The van der Waals surface area contributed by atoms with Crippen molar-refractivity contribution in [1.82, 2.24) is 0 Å². The number of ether oxygens (including phenoxy) is 2. The number of hydrogen-bond acceptors (Lipinski definition) is 3. The summed E-state index contributed by atoms with van der Waals surface area (Å²) in [5, 5.41) is 0.628. The van der Waals surface area contributed by atoms with Gasteiger partial charge in [-0.25, -0.2) is 4.79 Å². The smallest absolute Gasteiger partial charge is 0.349 e. The molecule has 4 heteroatoms. The predicted molar refractivity (Wildman–Crippen MR) is 62.8 cm³/mol. The van der Waals surface area contributed by atoms with Crippen molar-refractivity contribution in [2.45, 2.75) is 25.9 Å². The Morgan fingerprint density at radius 3 is 2.38 bits per heavy atom. The van der Waals surface area contributed by atoms with Gasteiger partial charge in [0.1, 0.15) is 5.75 Å². The maximum absolute atomic E-state index is 11.6. The SMILES string of the molecule is CCC(C)(Oc1ccc(Cl)cc1)C(=O)OC. The summed E-state index contributed by atoms with van der Waals surface area (Å²) in [5.74, 6) is 0.212. The molecular formula is C12H15ClO3. The van der Waals surface area contributed by atoms with Crippen LogP contribution < -0.4 is 4.74 Å². The standard InChI is InChI=1S/C12H15ClO3/c1-4-12(2,11(14)15-3)16-10-7-5-9(13)6-8-10/h5-8H,4H2,1-3H3. The van der Waals surface area contributed by atoms with E-state index in [1.165, 1.54) is 7.11 Å². The average molecular weight is 243 g/mol. The molecule has 0 fully saturated rings. The summed E-state index contributed by atoms with van der Waals surface area (Å²) < 4.78 is 10.3. The van der Waals surface area contributed by atoms with Crippen molar-refractivity contribution in [1.29, 1.82) is 0 Å². The normalized spacial score (nSPS) is 14.0. The van der Waals surface area contributed by atoms with Crippen LogP contribution in [0, 0.1) is 0 Å². The van der Waals surface area contributed by atoms with Gasteiger partial charge in [-0.2, -0.15) is 0 Å². The molecule has 1 aromatic rings. The maximum atomic E-state index is 11.6. The highest BCUT2D eigenvalue weighted by Gasteiger charge is 2.34. The summed E-state index contributed by atoms with van der Waals surface area (Å²) in [5.41, 5.74) is -0.956. The number of benzene rings is 1. The largest absolute Gasteiger partial charge is 0.476 e. The highest BCUT2D eigenvalue weighted by Crippen LogP contribution is 2.23. The van der Waals surface area contributed by atoms with E-state index in [-0.39, 0.29) is 5.97 Å². The number of esters is 1.